The van der Waals surface area contributed by atoms with E-state index in [4.69, 9.17) is 5.73 Å². The van der Waals surface area contributed by atoms with Crippen molar-refractivity contribution in [1.82, 2.24) is 4.90 Å². The Hall–Kier alpha value is -1.31. The van der Waals surface area contributed by atoms with Gasteiger partial charge in [0.15, 0.2) is 0 Å². The molecule has 2 rings (SSSR count). The number of rotatable bonds is 4. The predicted molar refractivity (Wildman–Crippen MR) is 90.0 cm³/mol. The highest BCUT2D eigenvalue weighted by atomic mass is 35.5. The van der Waals surface area contributed by atoms with Crippen LogP contribution in [0.5, 0.6) is 0 Å². The minimum Gasteiger partial charge on any atom is -0.334 e. The van der Waals surface area contributed by atoms with Gasteiger partial charge in [-0.3, -0.25) is 9.52 Å². The number of aryl methyl sites for hydroxylation is 1. The van der Waals surface area contributed by atoms with Crippen LogP contribution in [0.1, 0.15) is 28.8 Å². The van der Waals surface area contributed by atoms with Crippen LogP contribution in [-0.4, -0.2) is 44.6 Å². The molecule has 0 bridgehead atoms. The van der Waals surface area contributed by atoms with Crippen molar-refractivity contribution in [2.45, 2.75) is 25.8 Å². The highest BCUT2D eigenvalue weighted by molar-refractivity contribution is 7.92. The molecular weight excluding hydrogens is 326 g/mol. The molecule has 0 radical (unpaired) electrons. The lowest BCUT2D eigenvalue weighted by atomic mass is 10.1. The molecule has 0 saturated carbocycles. The van der Waals surface area contributed by atoms with Gasteiger partial charge in [0.1, 0.15) is 0 Å². The number of amides is 1. The Bertz CT molecular complexity index is 649. The predicted octanol–water partition coefficient (Wildman–Crippen LogP) is 1.35. The van der Waals surface area contributed by atoms with E-state index < -0.39 is 10.0 Å². The van der Waals surface area contributed by atoms with E-state index in [0.717, 1.165) is 24.7 Å². The molecule has 0 spiro atoms. The normalized spacial score (nSPS) is 18.0. The molecule has 1 saturated heterocycles. The minimum absolute atomic E-state index is 0. The maximum absolute atomic E-state index is 12.5. The van der Waals surface area contributed by atoms with Crippen LogP contribution in [0.25, 0.3) is 0 Å². The largest absolute Gasteiger partial charge is 0.334 e. The lowest BCUT2D eigenvalue weighted by Crippen LogP contribution is -2.39. The Morgan fingerprint density at radius 1 is 1.45 bits per heavy atom. The molecule has 3 N–H and O–H groups in total. The Kier molecular flexibility index (Phi) is 6.22. The lowest BCUT2D eigenvalue weighted by molar-refractivity contribution is 0.0741. The fraction of sp³-hybridized carbons (Fsp3) is 0.500. The number of hydrogen-bond acceptors (Lipinski definition) is 4. The van der Waals surface area contributed by atoms with Crippen LogP contribution in [0.4, 0.5) is 5.69 Å². The Morgan fingerprint density at radius 2 is 2.14 bits per heavy atom. The molecule has 0 aromatic heterocycles. The number of benzene rings is 1. The third kappa shape index (κ3) is 4.34. The topological polar surface area (TPSA) is 92.5 Å². The molecule has 1 aliphatic heterocycles. The second-order valence-corrected chi connectivity index (χ2v) is 7.18. The molecule has 6 nitrogen and oxygen atoms in total. The van der Waals surface area contributed by atoms with Crippen molar-refractivity contribution >= 4 is 34.0 Å². The third-order valence-corrected chi connectivity index (χ3v) is 4.28. The first-order valence-electron chi connectivity index (χ1n) is 6.91. The number of halogens is 1. The number of likely N-dealkylation sites (tertiary alicyclic amines) is 1. The number of anilines is 1. The molecular formula is C14H22ClN3O3S. The fourth-order valence-electron chi connectivity index (χ4n) is 2.58. The molecule has 1 fully saturated rings. The van der Waals surface area contributed by atoms with Gasteiger partial charge in [-0.1, -0.05) is 6.07 Å². The fourth-order valence-corrected chi connectivity index (χ4v) is 3.20. The summed E-state index contributed by atoms with van der Waals surface area (Å²) in [6, 6.07) is 5.13. The number of nitrogens with one attached hydrogen (secondary N) is 1. The van der Waals surface area contributed by atoms with Crippen molar-refractivity contribution in [2.75, 3.05) is 24.1 Å². The Labute approximate surface area is 137 Å². The quantitative estimate of drug-likeness (QED) is 0.859. The second kappa shape index (κ2) is 7.30. The van der Waals surface area contributed by atoms with Gasteiger partial charge in [0, 0.05) is 24.7 Å². The van der Waals surface area contributed by atoms with E-state index in [1.165, 1.54) is 0 Å². The summed E-state index contributed by atoms with van der Waals surface area (Å²) in [4.78, 5) is 14.3. The van der Waals surface area contributed by atoms with Crippen LogP contribution in [0.15, 0.2) is 18.2 Å². The van der Waals surface area contributed by atoms with Gasteiger partial charge >= 0.3 is 0 Å². The second-order valence-electron chi connectivity index (χ2n) is 5.43. The Balaban J connectivity index is 0.00000242. The lowest BCUT2D eigenvalue weighted by Gasteiger charge is -2.24. The van der Waals surface area contributed by atoms with Gasteiger partial charge < -0.3 is 10.6 Å². The van der Waals surface area contributed by atoms with Crippen LogP contribution < -0.4 is 10.5 Å². The maximum atomic E-state index is 12.5. The van der Waals surface area contributed by atoms with Gasteiger partial charge in [-0.2, -0.15) is 0 Å². The summed E-state index contributed by atoms with van der Waals surface area (Å²) in [5.41, 5.74) is 7.38. The van der Waals surface area contributed by atoms with Crippen molar-refractivity contribution in [2.24, 2.45) is 5.73 Å². The van der Waals surface area contributed by atoms with E-state index in [9.17, 15) is 13.2 Å². The molecule has 1 atom stereocenters. The van der Waals surface area contributed by atoms with E-state index >= 15 is 0 Å². The van der Waals surface area contributed by atoms with E-state index in [0.29, 0.717) is 24.3 Å². The molecule has 1 unspecified atom stereocenters. The van der Waals surface area contributed by atoms with Crippen molar-refractivity contribution in [3.63, 3.8) is 0 Å². The molecule has 22 heavy (non-hydrogen) atoms. The van der Waals surface area contributed by atoms with Gasteiger partial charge in [-0.25, -0.2) is 8.42 Å². The molecule has 1 heterocycles. The number of hydrogen-bond donors (Lipinski definition) is 2. The van der Waals surface area contributed by atoms with E-state index in [1.807, 2.05) is 0 Å². The number of nitrogens with zero attached hydrogens (tertiary/aromatic N) is 1. The first-order valence-corrected chi connectivity index (χ1v) is 8.80. The molecule has 1 aliphatic rings. The highest BCUT2D eigenvalue weighted by Gasteiger charge is 2.28. The Morgan fingerprint density at radius 3 is 2.73 bits per heavy atom. The average molecular weight is 348 g/mol. The van der Waals surface area contributed by atoms with Gasteiger partial charge in [0.05, 0.1) is 11.9 Å². The molecule has 1 amide bonds. The minimum atomic E-state index is -3.37. The van der Waals surface area contributed by atoms with Crippen LogP contribution in [0.2, 0.25) is 0 Å². The maximum Gasteiger partial charge on any atom is 0.254 e. The number of carbonyl (C=O) groups is 1. The monoisotopic (exact) mass is 347 g/mol. The summed E-state index contributed by atoms with van der Waals surface area (Å²) in [6.07, 6.45) is 2.96. The zero-order chi connectivity index (χ0) is 15.6. The zero-order valence-corrected chi connectivity index (χ0v) is 14.3. The summed E-state index contributed by atoms with van der Waals surface area (Å²) in [5.74, 6) is -0.0977. The van der Waals surface area contributed by atoms with Crippen molar-refractivity contribution in [3.8, 4) is 0 Å². The van der Waals surface area contributed by atoms with E-state index in [2.05, 4.69) is 4.72 Å². The smallest absolute Gasteiger partial charge is 0.254 e. The summed E-state index contributed by atoms with van der Waals surface area (Å²) < 4.78 is 25.2. The van der Waals surface area contributed by atoms with Gasteiger partial charge in [0.25, 0.3) is 5.91 Å². The summed E-state index contributed by atoms with van der Waals surface area (Å²) in [6.45, 7) is 2.94. The zero-order valence-electron chi connectivity index (χ0n) is 12.7. The van der Waals surface area contributed by atoms with Crippen molar-refractivity contribution < 1.29 is 13.2 Å². The molecule has 8 heteroatoms. The van der Waals surface area contributed by atoms with Crippen molar-refractivity contribution in [1.29, 1.82) is 0 Å². The molecule has 1 aromatic carbocycles. The number of sulfonamides is 1. The van der Waals surface area contributed by atoms with Crippen molar-refractivity contribution in [3.05, 3.63) is 29.3 Å². The molecule has 1 aromatic rings. The van der Waals surface area contributed by atoms with E-state index in [-0.39, 0.29) is 24.4 Å². The molecule has 0 aliphatic carbocycles. The van der Waals surface area contributed by atoms with Gasteiger partial charge in [-0.05, 0) is 37.5 Å². The summed E-state index contributed by atoms with van der Waals surface area (Å²) >= 11 is 0. The SMILES string of the molecule is Cc1ccc(C(=O)N2CCCC2CN)cc1NS(C)(=O)=O.Cl. The molecule has 124 valence electrons. The summed E-state index contributed by atoms with van der Waals surface area (Å²) in [5, 5.41) is 0. The van der Waals surface area contributed by atoms with Gasteiger partial charge in [-0.15, -0.1) is 12.4 Å². The number of nitrogens with two attached hydrogens (primary N) is 1. The highest BCUT2D eigenvalue weighted by Crippen LogP contribution is 2.23. The van der Waals surface area contributed by atoms with Gasteiger partial charge in [0.2, 0.25) is 10.0 Å². The van der Waals surface area contributed by atoms with Crippen LogP contribution in [0, 0.1) is 6.92 Å². The van der Waals surface area contributed by atoms with Crippen LogP contribution in [-0.2, 0) is 10.0 Å². The third-order valence-electron chi connectivity index (χ3n) is 3.69. The standard InChI is InChI=1S/C14H21N3O3S.ClH/c1-10-5-6-11(8-13(10)16-21(2,19)20)14(18)17-7-3-4-12(17)9-15;/h5-6,8,12,16H,3-4,7,9,15H2,1-2H3;1H. The first kappa shape index (κ1) is 18.7. The van der Waals surface area contributed by atoms with Crippen LogP contribution in [0.3, 0.4) is 0 Å². The average Bonchev–Trinajstić information content (AvgIpc) is 2.87. The first-order chi connectivity index (χ1) is 9.81. The number of carbonyl (C=O) groups excluding carboxylic acids is 1. The van der Waals surface area contributed by atoms with E-state index in [1.54, 1.807) is 30.0 Å². The van der Waals surface area contributed by atoms with Crippen LogP contribution >= 0.6 is 12.4 Å². The summed E-state index contributed by atoms with van der Waals surface area (Å²) in [7, 11) is -3.37.